The van der Waals surface area contributed by atoms with Crippen LogP contribution in [0.15, 0.2) is 23.8 Å². The molecule has 0 amide bonds. The van der Waals surface area contributed by atoms with Crippen molar-refractivity contribution in [3.05, 3.63) is 23.8 Å². The van der Waals surface area contributed by atoms with Crippen molar-refractivity contribution in [2.45, 2.75) is 40.0 Å². The third-order valence-corrected chi connectivity index (χ3v) is 2.06. The first-order valence-corrected chi connectivity index (χ1v) is 6.21. The average molecular weight is 254 g/mol. The number of allylic oxidation sites excluding steroid dienone is 1. The van der Waals surface area contributed by atoms with Gasteiger partial charge in [-0.2, -0.15) is 0 Å². The van der Waals surface area contributed by atoms with Crippen LogP contribution in [0.2, 0.25) is 0 Å². The lowest BCUT2D eigenvalue weighted by atomic mass is 10.3. The molecule has 0 rings (SSSR count). The van der Waals surface area contributed by atoms with Crippen molar-refractivity contribution in [2.24, 2.45) is 0 Å². The average Bonchev–Trinajstić information content (AvgIpc) is 2.31. The molecule has 0 aliphatic carbocycles. The molecule has 0 atom stereocenters. The highest BCUT2D eigenvalue weighted by Gasteiger charge is 2.00. The minimum atomic E-state index is -0.544. The summed E-state index contributed by atoms with van der Waals surface area (Å²) in [5, 5.41) is 0. The molecule has 0 N–H and O–H groups in total. The standard InChI is InChI=1S/C14H22O4/c1-4-5-6-10-17-13(15)7-8-14(16)18-11-9-12(2)3/h7-9H,4-6,10-11H2,1-3H3/b8-7+. The molecular weight excluding hydrogens is 232 g/mol. The first-order valence-electron chi connectivity index (χ1n) is 6.21. The van der Waals surface area contributed by atoms with Gasteiger partial charge in [0.25, 0.3) is 0 Å². The molecule has 18 heavy (non-hydrogen) atoms. The molecule has 0 aliphatic heterocycles. The normalized spacial score (nSPS) is 10.2. The minimum Gasteiger partial charge on any atom is -0.463 e. The Hall–Kier alpha value is -1.58. The molecule has 102 valence electrons. The predicted molar refractivity (Wildman–Crippen MR) is 70.0 cm³/mol. The van der Waals surface area contributed by atoms with Gasteiger partial charge in [0.05, 0.1) is 6.61 Å². The molecule has 0 saturated heterocycles. The zero-order valence-electron chi connectivity index (χ0n) is 11.4. The molecule has 4 nitrogen and oxygen atoms in total. The van der Waals surface area contributed by atoms with Gasteiger partial charge in [0.15, 0.2) is 0 Å². The summed E-state index contributed by atoms with van der Waals surface area (Å²) in [6.07, 6.45) is 6.92. The Morgan fingerprint density at radius 1 is 1.00 bits per heavy atom. The Kier molecular flexibility index (Phi) is 9.64. The molecule has 0 aromatic rings. The highest BCUT2D eigenvalue weighted by molar-refractivity contribution is 5.91. The molecule has 4 heteroatoms. The van der Waals surface area contributed by atoms with Gasteiger partial charge < -0.3 is 9.47 Å². The SMILES string of the molecule is CCCCCOC(=O)/C=C/C(=O)OCC=C(C)C. The second-order valence-corrected chi connectivity index (χ2v) is 4.12. The zero-order chi connectivity index (χ0) is 13.8. The third kappa shape index (κ3) is 10.9. The molecule has 0 aliphatic rings. The number of hydrogen-bond acceptors (Lipinski definition) is 4. The monoisotopic (exact) mass is 254 g/mol. The van der Waals surface area contributed by atoms with Gasteiger partial charge in [-0.3, -0.25) is 0 Å². The Morgan fingerprint density at radius 3 is 2.17 bits per heavy atom. The number of ether oxygens (including phenoxy) is 2. The Balaban J connectivity index is 3.74. The summed E-state index contributed by atoms with van der Waals surface area (Å²) in [6, 6.07) is 0. The minimum absolute atomic E-state index is 0.219. The van der Waals surface area contributed by atoms with E-state index in [1.54, 1.807) is 6.08 Å². The van der Waals surface area contributed by atoms with E-state index in [1.807, 2.05) is 13.8 Å². The van der Waals surface area contributed by atoms with Gasteiger partial charge in [0.2, 0.25) is 0 Å². The molecule has 0 bridgehead atoms. The molecule has 0 spiro atoms. The summed E-state index contributed by atoms with van der Waals surface area (Å²) in [5.41, 5.74) is 1.07. The Morgan fingerprint density at radius 2 is 1.61 bits per heavy atom. The largest absolute Gasteiger partial charge is 0.463 e. The molecule has 0 unspecified atom stereocenters. The van der Waals surface area contributed by atoms with E-state index in [0.717, 1.165) is 37.0 Å². The van der Waals surface area contributed by atoms with Gasteiger partial charge >= 0.3 is 11.9 Å². The van der Waals surface area contributed by atoms with Crippen LogP contribution in [-0.4, -0.2) is 25.2 Å². The van der Waals surface area contributed by atoms with Crippen LogP contribution in [0.1, 0.15) is 40.0 Å². The lowest BCUT2D eigenvalue weighted by Crippen LogP contribution is -2.05. The first-order chi connectivity index (χ1) is 8.56. The highest BCUT2D eigenvalue weighted by atomic mass is 16.5. The molecule has 0 fully saturated rings. The number of carbonyl (C=O) groups excluding carboxylic acids is 2. The van der Waals surface area contributed by atoms with Gasteiger partial charge in [0, 0.05) is 12.2 Å². The van der Waals surface area contributed by atoms with Crippen molar-refractivity contribution < 1.29 is 19.1 Å². The van der Waals surface area contributed by atoms with Crippen LogP contribution in [-0.2, 0) is 19.1 Å². The van der Waals surface area contributed by atoms with Crippen LogP contribution in [0.3, 0.4) is 0 Å². The van der Waals surface area contributed by atoms with Gasteiger partial charge in [0.1, 0.15) is 6.61 Å². The lowest BCUT2D eigenvalue weighted by Gasteiger charge is -2.00. The highest BCUT2D eigenvalue weighted by Crippen LogP contribution is 1.95. The maximum Gasteiger partial charge on any atom is 0.331 e. The van der Waals surface area contributed by atoms with Crippen molar-refractivity contribution in [2.75, 3.05) is 13.2 Å². The second kappa shape index (κ2) is 10.6. The molecule has 0 radical (unpaired) electrons. The summed E-state index contributed by atoms with van der Waals surface area (Å²) in [4.78, 5) is 22.3. The van der Waals surface area contributed by atoms with Crippen LogP contribution < -0.4 is 0 Å². The summed E-state index contributed by atoms with van der Waals surface area (Å²) in [6.45, 7) is 6.51. The smallest absolute Gasteiger partial charge is 0.331 e. The third-order valence-electron chi connectivity index (χ3n) is 2.06. The first kappa shape index (κ1) is 16.4. The Labute approximate surface area is 109 Å². The lowest BCUT2D eigenvalue weighted by molar-refractivity contribution is -0.140. The van der Waals surface area contributed by atoms with Crippen molar-refractivity contribution in [3.8, 4) is 0 Å². The fourth-order valence-electron chi connectivity index (χ4n) is 1.05. The number of rotatable bonds is 8. The number of unbranched alkanes of at least 4 members (excludes halogenated alkanes) is 2. The topological polar surface area (TPSA) is 52.6 Å². The van der Waals surface area contributed by atoms with Gasteiger partial charge in [-0.15, -0.1) is 0 Å². The van der Waals surface area contributed by atoms with Crippen molar-refractivity contribution in [3.63, 3.8) is 0 Å². The fourth-order valence-corrected chi connectivity index (χ4v) is 1.05. The van der Waals surface area contributed by atoms with Crippen molar-refractivity contribution in [1.82, 2.24) is 0 Å². The predicted octanol–water partition coefficient (Wildman–Crippen LogP) is 2.79. The summed E-state index contributed by atoms with van der Waals surface area (Å²) < 4.78 is 9.73. The van der Waals surface area contributed by atoms with E-state index >= 15 is 0 Å². The quantitative estimate of drug-likeness (QED) is 0.289. The zero-order valence-corrected chi connectivity index (χ0v) is 11.4. The van der Waals surface area contributed by atoms with E-state index in [2.05, 4.69) is 6.92 Å². The van der Waals surface area contributed by atoms with E-state index in [0.29, 0.717) is 6.61 Å². The van der Waals surface area contributed by atoms with Crippen molar-refractivity contribution in [1.29, 1.82) is 0 Å². The summed E-state index contributed by atoms with van der Waals surface area (Å²) >= 11 is 0. The van der Waals surface area contributed by atoms with Crippen LogP contribution in [0.25, 0.3) is 0 Å². The van der Waals surface area contributed by atoms with Gasteiger partial charge in [-0.25, -0.2) is 9.59 Å². The summed E-state index contributed by atoms with van der Waals surface area (Å²) in [7, 11) is 0. The van der Waals surface area contributed by atoms with Crippen LogP contribution in [0.5, 0.6) is 0 Å². The van der Waals surface area contributed by atoms with Crippen LogP contribution in [0.4, 0.5) is 0 Å². The van der Waals surface area contributed by atoms with Crippen molar-refractivity contribution >= 4 is 11.9 Å². The molecular formula is C14H22O4. The van der Waals surface area contributed by atoms with E-state index in [4.69, 9.17) is 9.47 Å². The maximum absolute atomic E-state index is 11.2. The van der Waals surface area contributed by atoms with Crippen LogP contribution in [0, 0.1) is 0 Å². The molecule has 0 saturated carbocycles. The van der Waals surface area contributed by atoms with E-state index in [1.165, 1.54) is 0 Å². The number of esters is 2. The molecule has 0 aromatic heterocycles. The van der Waals surface area contributed by atoms with E-state index < -0.39 is 11.9 Å². The maximum atomic E-state index is 11.2. The second-order valence-electron chi connectivity index (χ2n) is 4.12. The van der Waals surface area contributed by atoms with E-state index in [9.17, 15) is 9.59 Å². The van der Waals surface area contributed by atoms with Crippen LogP contribution >= 0.6 is 0 Å². The summed E-state index contributed by atoms with van der Waals surface area (Å²) in [5.74, 6) is -1.05. The van der Waals surface area contributed by atoms with Gasteiger partial charge in [-0.1, -0.05) is 25.3 Å². The van der Waals surface area contributed by atoms with Gasteiger partial charge in [-0.05, 0) is 26.3 Å². The number of carbonyl (C=O) groups is 2. The Bertz CT molecular complexity index is 312. The molecule has 0 heterocycles. The molecule has 0 aromatic carbocycles. The van der Waals surface area contributed by atoms with E-state index in [-0.39, 0.29) is 6.61 Å². The number of hydrogen-bond donors (Lipinski definition) is 0. The fraction of sp³-hybridized carbons (Fsp3) is 0.571.